The molecule has 290 valence electrons. The van der Waals surface area contributed by atoms with Crippen molar-refractivity contribution in [1.29, 1.82) is 0 Å². The molecular formula is C59H43NO. The van der Waals surface area contributed by atoms with Gasteiger partial charge in [0, 0.05) is 33.4 Å². The highest BCUT2D eigenvalue weighted by atomic mass is 16.3. The number of furan rings is 1. The third kappa shape index (κ3) is 5.28. The fraction of sp³-hybridized carbons (Fsp3) is 0.0847. The van der Waals surface area contributed by atoms with Gasteiger partial charge in [-0.15, -0.1) is 0 Å². The third-order valence-corrected chi connectivity index (χ3v) is 13.3. The number of hydrogen-bond acceptors (Lipinski definition) is 2. The maximum absolute atomic E-state index is 6.48. The van der Waals surface area contributed by atoms with Gasteiger partial charge in [-0.1, -0.05) is 185 Å². The van der Waals surface area contributed by atoms with Crippen LogP contribution in [0.1, 0.15) is 48.6 Å². The van der Waals surface area contributed by atoms with E-state index in [1.54, 1.807) is 0 Å². The number of anilines is 3. The van der Waals surface area contributed by atoms with Crippen LogP contribution in [-0.4, -0.2) is 0 Å². The van der Waals surface area contributed by atoms with E-state index in [-0.39, 0.29) is 5.41 Å². The van der Waals surface area contributed by atoms with Gasteiger partial charge in [0.2, 0.25) is 0 Å². The van der Waals surface area contributed by atoms with Crippen LogP contribution < -0.4 is 4.90 Å². The van der Waals surface area contributed by atoms with E-state index in [1.165, 1.54) is 61.2 Å². The van der Waals surface area contributed by atoms with Gasteiger partial charge in [-0.25, -0.2) is 0 Å². The summed E-state index contributed by atoms with van der Waals surface area (Å²) in [6.07, 6.45) is 0. The van der Waals surface area contributed by atoms with E-state index < -0.39 is 5.41 Å². The van der Waals surface area contributed by atoms with E-state index >= 15 is 0 Å². The average Bonchev–Trinajstić information content (AvgIpc) is 3.93. The molecule has 0 saturated carbocycles. The minimum atomic E-state index is -0.465. The molecule has 9 aromatic carbocycles. The number of fused-ring (bicyclic) bond motifs is 13. The molecule has 0 aliphatic heterocycles. The van der Waals surface area contributed by atoms with Crippen LogP contribution in [0.3, 0.4) is 0 Å². The fourth-order valence-corrected chi connectivity index (χ4v) is 10.4. The number of nitrogens with zero attached hydrogens (tertiary/aromatic N) is 1. The molecular weight excluding hydrogens is 739 g/mol. The van der Waals surface area contributed by atoms with E-state index in [4.69, 9.17) is 4.42 Å². The second-order valence-electron chi connectivity index (χ2n) is 17.7. The van der Waals surface area contributed by atoms with Gasteiger partial charge in [0.1, 0.15) is 11.2 Å². The van der Waals surface area contributed by atoms with Crippen LogP contribution in [-0.2, 0) is 10.8 Å². The summed E-state index contributed by atoms with van der Waals surface area (Å²) in [6, 6.07) is 76.0. The summed E-state index contributed by atoms with van der Waals surface area (Å²) in [6.45, 7) is 6.96. The van der Waals surface area contributed by atoms with Crippen LogP contribution >= 0.6 is 0 Å². The highest BCUT2D eigenvalue weighted by Gasteiger charge is 2.52. The molecule has 2 heteroatoms. The van der Waals surface area contributed by atoms with Crippen LogP contribution in [0.2, 0.25) is 0 Å². The Labute approximate surface area is 357 Å². The normalized spacial score (nSPS) is 14.9. The molecule has 0 amide bonds. The lowest BCUT2D eigenvalue weighted by Crippen LogP contribution is -2.27. The molecule has 61 heavy (non-hydrogen) atoms. The SMILES string of the molecule is CC(C)(C)c1ccc2c(c1)C1(c3ccccc3-c3ccc(N(c4ccc(-c5ccccc5)cc4)c4ccc(-c5cccc6c5oc5ccccc56)cc4)cc31)c1ccccc1-2. The summed E-state index contributed by atoms with van der Waals surface area (Å²) in [5.74, 6) is 0. The Morgan fingerprint density at radius 2 is 0.885 bits per heavy atom. The van der Waals surface area contributed by atoms with Crippen LogP contribution in [0.4, 0.5) is 17.1 Å². The lowest BCUT2D eigenvalue weighted by Gasteiger charge is -2.33. The molecule has 0 bridgehead atoms. The van der Waals surface area contributed by atoms with Crippen LogP contribution in [0, 0.1) is 0 Å². The first kappa shape index (κ1) is 35.5. The quantitative estimate of drug-likeness (QED) is 0.173. The first-order valence-electron chi connectivity index (χ1n) is 21.3. The van der Waals surface area contributed by atoms with Gasteiger partial charge in [0.25, 0.3) is 0 Å². The summed E-state index contributed by atoms with van der Waals surface area (Å²) in [5.41, 5.74) is 21.2. The molecule has 12 rings (SSSR count). The minimum Gasteiger partial charge on any atom is -0.455 e. The topological polar surface area (TPSA) is 16.4 Å². The molecule has 1 heterocycles. The summed E-state index contributed by atoms with van der Waals surface area (Å²) in [7, 11) is 0. The Morgan fingerprint density at radius 3 is 1.57 bits per heavy atom. The van der Waals surface area contributed by atoms with E-state index in [9.17, 15) is 0 Å². The lowest BCUT2D eigenvalue weighted by molar-refractivity contribution is 0.588. The van der Waals surface area contributed by atoms with Crippen LogP contribution in [0.25, 0.3) is 66.4 Å². The molecule has 1 unspecified atom stereocenters. The second-order valence-corrected chi connectivity index (χ2v) is 17.7. The molecule has 1 aromatic heterocycles. The van der Waals surface area contributed by atoms with Crippen molar-refractivity contribution in [3.63, 3.8) is 0 Å². The van der Waals surface area contributed by atoms with E-state index in [0.717, 1.165) is 50.1 Å². The minimum absolute atomic E-state index is 0.00139. The summed E-state index contributed by atoms with van der Waals surface area (Å²) in [5, 5.41) is 2.27. The molecule has 0 N–H and O–H groups in total. The Hall–Kier alpha value is -7.42. The lowest BCUT2D eigenvalue weighted by atomic mass is 9.69. The van der Waals surface area contributed by atoms with Gasteiger partial charge in [-0.3, -0.25) is 0 Å². The summed E-state index contributed by atoms with van der Waals surface area (Å²) in [4.78, 5) is 2.42. The predicted octanol–water partition coefficient (Wildman–Crippen LogP) is 16.0. The number of benzene rings is 9. The first-order valence-corrected chi connectivity index (χ1v) is 21.3. The van der Waals surface area contributed by atoms with Crippen LogP contribution in [0.5, 0.6) is 0 Å². The highest BCUT2D eigenvalue weighted by molar-refractivity contribution is 6.09. The van der Waals surface area contributed by atoms with Gasteiger partial charge in [0.05, 0.1) is 5.41 Å². The number of para-hydroxylation sites is 2. The van der Waals surface area contributed by atoms with Gasteiger partial charge >= 0.3 is 0 Å². The smallest absolute Gasteiger partial charge is 0.143 e. The standard InChI is InChI=1S/C59H43NO/c1-58(2,3)41-28-34-48-46-16-7-10-21-52(46)59(54(48)36-41)53-22-11-8-17-47(53)49-35-33-44(37-55(49)59)60(42-29-24-39(25-30-42)38-14-5-4-6-15-38)43-31-26-40(27-32-43)45-19-13-20-51-50-18-9-12-23-56(50)61-57(45)51/h4-37H,1-3H3. The van der Waals surface area contributed by atoms with Crippen molar-refractivity contribution < 1.29 is 4.42 Å². The zero-order valence-corrected chi connectivity index (χ0v) is 34.5. The van der Waals surface area contributed by atoms with E-state index in [2.05, 4.69) is 226 Å². The largest absolute Gasteiger partial charge is 0.455 e. The van der Waals surface area contributed by atoms with Gasteiger partial charge in [-0.05, 0) is 115 Å². The Kier molecular flexibility index (Phi) is 7.74. The predicted molar refractivity (Wildman–Crippen MR) is 254 cm³/mol. The van der Waals surface area contributed by atoms with Gasteiger partial charge < -0.3 is 9.32 Å². The zero-order chi connectivity index (χ0) is 40.9. The van der Waals surface area contributed by atoms with Crippen molar-refractivity contribution in [1.82, 2.24) is 0 Å². The molecule has 0 fully saturated rings. The average molecular weight is 782 g/mol. The van der Waals surface area contributed by atoms with Crippen molar-refractivity contribution in [2.75, 3.05) is 4.90 Å². The van der Waals surface area contributed by atoms with E-state index in [0.29, 0.717) is 0 Å². The monoisotopic (exact) mass is 781 g/mol. The maximum Gasteiger partial charge on any atom is 0.143 e. The van der Waals surface area contributed by atoms with E-state index in [1.807, 2.05) is 6.07 Å². The number of hydrogen-bond donors (Lipinski definition) is 0. The summed E-state index contributed by atoms with van der Waals surface area (Å²) >= 11 is 0. The fourth-order valence-electron chi connectivity index (χ4n) is 10.4. The van der Waals surface area contributed by atoms with Crippen molar-refractivity contribution >= 4 is 39.0 Å². The molecule has 1 atom stereocenters. The second kappa shape index (κ2) is 13.3. The molecule has 2 aliphatic rings. The summed E-state index contributed by atoms with van der Waals surface area (Å²) < 4.78 is 6.48. The molecule has 1 spiro atoms. The van der Waals surface area contributed by atoms with Gasteiger partial charge in [-0.2, -0.15) is 0 Å². The molecule has 0 radical (unpaired) electrons. The van der Waals surface area contributed by atoms with Crippen molar-refractivity contribution in [3.05, 3.63) is 234 Å². The zero-order valence-electron chi connectivity index (χ0n) is 34.5. The third-order valence-electron chi connectivity index (χ3n) is 13.3. The Morgan fingerprint density at radius 1 is 0.377 bits per heavy atom. The molecule has 10 aromatic rings. The molecule has 2 nitrogen and oxygen atoms in total. The highest BCUT2D eigenvalue weighted by Crippen LogP contribution is 2.63. The van der Waals surface area contributed by atoms with Crippen LogP contribution in [0.15, 0.2) is 211 Å². The Balaban J connectivity index is 1.06. The molecule has 0 saturated heterocycles. The van der Waals surface area contributed by atoms with Gasteiger partial charge in [0.15, 0.2) is 0 Å². The van der Waals surface area contributed by atoms with Crippen molar-refractivity contribution in [2.24, 2.45) is 0 Å². The molecule has 2 aliphatic carbocycles. The van der Waals surface area contributed by atoms with Crippen molar-refractivity contribution in [2.45, 2.75) is 31.6 Å². The Bertz CT molecular complexity index is 3320. The first-order chi connectivity index (χ1) is 29.9. The number of rotatable bonds is 5. The van der Waals surface area contributed by atoms with Crippen molar-refractivity contribution in [3.8, 4) is 44.5 Å². The maximum atomic E-state index is 6.48.